The number of halogens is 4. The summed E-state index contributed by atoms with van der Waals surface area (Å²) in [6, 6.07) is 18.8. The molecule has 11 heteroatoms. The van der Waals surface area contributed by atoms with Gasteiger partial charge in [0.25, 0.3) is 0 Å². The molecule has 38 heavy (non-hydrogen) atoms. The van der Waals surface area contributed by atoms with Crippen LogP contribution >= 0.6 is 11.6 Å². The molecule has 1 aliphatic heterocycles. The molecule has 1 saturated heterocycles. The highest BCUT2D eigenvalue weighted by atomic mass is 35.5. The zero-order chi connectivity index (χ0) is 27.3. The van der Waals surface area contributed by atoms with Crippen LogP contribution in [-0.4, -0.2) is 57.5 Å². The Hall–Kier alpha value is -2.63. The molecule has 0 bridgehead atoms. The van der Waals surface area contributed by atoms with Gasteiger partial charge in [0.1, 0.15) is 5.75 Å². The van der Waals surface area contributed by atoms with Gasteiger partial charge in [-0.15, -0.1) is 0 Å². The summed E-state index contributed by atoms with van der Waals surface area (Å²) in [5, 5.41) is 0.605. The molecule has 3 aromatic carbocycles. The maximum Gasteiger partial charge on any atom is 0.416 e. The largest absolute Gasteiger partial charge is 0.497 e. The first-order valence-corrected chi connectivity index (χ1v) is 13.8. The van der Waals surface area contributed by atoms with Crippen LogP contribution in [0.1, 0.15) is 22.8 Å². The molecule has 0 saturated carbocycles. The van der Waals surface area contributed by atoms with Gasteiger partial charge in [-0.3, -0.25) is 4.90 Å². The van der Waals surface area contributed by atoms with Crippen LogP contribution in [0.3, 0.4) is 0 Å². The Bertz CT molecular complexity index is 1330. The Morgan fingerprint density at radius 2 is 1.63 bits per heavy atom. The van der Waals surface area contributed by atoms with Crippen LogP contribution < -0.4 is 4.74 Å². The van der Waals surface area contributed by atoms with E-state index < -0.39 is 21.8 Å². The van der Waals surface area contributed by atoms with Crippen LogP contribution in [0.25, 0.3) is 0 Å². The molecule has 1 heterocycles. The topological polar surface area (TPSA) is 59.1 Å². The second kappa shape index (κ2) is 12.0. The highest BCUT2D eigenvalue weighted by molar-refractivity contribution is 7.89. The van der Waals surface area contributed by atoms with Crippen molar-refractivity contribution >= 4 is 21.6 Å². The van der Waals surface area contributed by atoms with E-state index in [1.165, 1.54) is 10.4 Å². The second-order valence-corrected chi connectivity index (χ2v) is 11.3. The molecule has 3 aromatic rings. The molecule has 1 unspecified atom stereocenters. The fraction of sp³-hybridized carbons (Fsp3) is 0.333. The van der Waals surface area contributed by atoms with Gasteiger partial charge in [-0.1, -0.05) is 41.9 Å². The maximum absolute atomic E-state index is 13.1. The van der Waals surface area contributed by atoms with Gasteiger partial charge in [-0.25, -0.2) is 8.42 Å². The molecule has 0 N–H and O–H groups in total. The van der Waals surface area contributed by atoms with Gasteiger partial charge in [0, 0.05) is 37.7 Å². The van der Waals surface area contributed by atoms with Crippen molar-refractivity contribution in [1.82, 2.24) is 9.21 Å². The summed E-state index contributed by atoms with van der Waals surface area (Å²) in [5.41, 5.74) is 0.882. The Morgan fingerprint density at radius 1 is 0.947 bits per heavy atom. The number of methoxy groups -OCH3 is 1. The summed E-state index contributed by atoms with van der Waals surface area (Å²) in [4.78, 5) is 1.73. The number of piperazine rings is 1. The van der Waals surface area contributed by atoms with E-state index in [9.17, 15) is 21.6 Å². The molecule has 0 spiro atoms. The second-order valence-electron chi connectivity index (χ2n) is 8.93. The van der Waals surface area contributed by atoms with Crippen molar-refractivity contribution in [3.8, 4) is 5.75 Å². The average Bonchev–Trinajstić information content (AvgIpc) is 2.91. The Labute approximate surface area is 225 Å². The summed E-state index contributed by atoms with van der Waals surface area (Å²) in [6.45, 7) is 1.97. The van der Waals surface area contributed by atoms with Crippen LogP contribution in [-0.2, 0) is 27.5 Å². The van der Waals surface area contributed by atoms with Crippen LogP contribution in [0, 0.1) is 0 Å². The van der Waals surface area contributed by atoms with Gasteiger partial charge in [-0.05, 0) is 53.6 Å². The highest BCUT2D eigenvalue weighted by Gasteiger charge is 2.34. The minimum Gasteiger partial charge on any atom is -0.497 e. The van der Waals surface area contributed by atoms with Crippen molar-refractivity contribution in [2.45, 2.75) is 23.8 Å². The SMILES string of the molecule is COc1cccc(COC(CN2CCN(S(=O)(=O)c3cccc(C(F)(F)F)c3)CC2)c2ccc(Cl)cc2)c1. The van der Waals surface area contributed by atoms with Crippen LogP contribution in [0.15, 0.2) is 77.7 Å². The van der Waals surface area contributed by atoms with Gasteiger partial charge in [0.15, 0.2) is 0 Å². The highest BCUT2D eigenvalue weighted by Crippen LogP contribution is 2.31. The average molecular weight is 569 g/mol. The van der Waals surface area contributed by atoms with Crippen molar-refractivity contribution in [2.75, 3.05) is 39.8 Å². The first-order chi connectivity index (χ1) is 18.1. The van der Waals surface area contributed by atoms with Crippen molar-refractivity contribution < 1.29 is 31.1 Å². The standard InChI is InChI=1S/C27H28ClF3N2O4S/c1-36-24-6-2-4-20(16-24)19-37-26(21-8-10-23(28)11-9-21)18-32-12-14-33(15-13-32)38(34,35)25-7-3-5-22(17-25)27(29,30)31/h2-11,16-17,26H,12-15,18-19H2,1H3. The summed E-state index contributed by atoms with van der Waals surface area (Å²) in [5.74, 6) is 0.729. The lowest BCUT2D eigenvalue weighted by molar-refractivity contribution is -0.137. The molecule has 6 nitrogen and oxygen atoms in total. The molecule has 4 rings (SSSR count). The van der Waals surface area contributed by atoms with Crippen LogP contribution in [0.4, 0.5) is 13.2 Å². The lowest BCUT2D eigenvalue weighted by Gasteiger charge is -2.36. The maximum atomic E-state index is 13.1. The smallest absolute Gasteiger partial charge is 0.416 e. The number of rotatable bonds is 9. The van der Waals surface area contributed by atoms with Gasteiger partial charge in [-0.2, -0.15) is 17.5 Å². The van der Waals surface area contributed by atoms with Gasteiger partial charge in [0.2, 0.25) is 10.0 Å². The Balaban J connectivity index is 1.43. The van der Waals surface area contributed by atoms with Crippen LogP contribution in [0.5, 0.6) is 5.75 Å². The minimum atomic E-state index is -4.62. The van der Waals surface area contributed by atoms with Crippen LogP contribution in [0.2, 0.25) is 5.02 Å². The lowest BCUT2D eigenvalue weighted by Crippen LogP contribution is -2.49. The third-order valence-electron chi connectivity index (χ3n) is 6.38. The number of ether oxygens (including phenoxy) is 2. The van der Waals surface area contributed by atoms with Gasteiger partial charge in [0.05, 0.1) is 30.3 Å². The molecule has 0 radical (unpaired) electrons. The number of nitrogens with zero attached hydrogens (tertiary/aromatic N) is 2. The van der Waals surface area contributed by atoms with E-state index in [1.54, 1.807) is 19.2 Å². The van der Waals surface area contributed by atoms with Crippen molar-refractivity contribution in [1.29, 1.82) is 0 Å². The number of alkyl halides is 3. The Morgan fingerprint density at radius 3 is 2.29 bits per heavy atom. The fourth-order valence-corrected chi connectivity index (χ4v) is 5.85. The van der Waals surface area contributed by atoms with Crippen molar-refractivity contribution in [3.63, 3.8) is 0 Å². The number of hydrogen-bond donors (Lipinski definition) is 0. The van der Waals surface area contributed by atoms with E-state index in [4.69, 9.17) is 21.1 Å². The number of sulfonamides is 1. The summed E-state index contributed by atoms with van der Waals surface area (Å²) in [6.07, 6.45) is -4.93. The number of benzene rings is 3. The van der Waals surface area contributed by atoms with E-state index >= 15 is 0 Å². The predicted molar refractivity (Wildman–Crippen MR) is 139 cm³/mol. The monoisotopic (exact) mass is 568 g/mol. The quantitative estimate of drug-likeness (QED) is 0.335. The molecule has 1 aliphatic rings. The van der Waals surface area contributed by atoms with E-state index in [1.807, 2.05) is 36.4 Å². The summed E-state index contributed by atoms with van der Waals surface area (Å²) < 4.78 is 78.2. The summed E-state index contributed by atoms with van der Waals surface area (Å²) >= 11 is 6.07. The first kappa shape index (κ1) is 28.4. The van der Waals surface area contributed by atoms with E-state index in [2.05, 4.69) is 4.90 Å². The molecular weight excluding hydrogens is 541 g/mol. The lowest BCUT2D eigenvalue weighted by atomic mass is 10.1. The molecule has 1 fully saturated rings. The molecule has 204 valence electrons. The first-order valence-electron chi connectivity index (χ1n) is 12.0. The Kier molecular flexibility index (Phi) is 9.00. The number of hydrogen-bond acceptors (Lipinski definition) is 5. The molecule has 0 aromatic heterocycles. The predicted octanol–water partition coefficient (Wildman–Crippen LogP) is 5.63. The van der Waals surface area contributed by atoms with Gasteiger partial charge < -0.3 is 9.47 Å². The summed E-state index contributed by atoms with van der Waals surface area (Å²) in [7, 11) is -2.46. The van der Waals surface area contributed by atoms with Gasteiger partial charge >= 0.3 is 6.18 Å². The van der Waals surface area contributed by atoms with E-state index in [0.29, 0.717) is 37.3 Å². The zero-order valence-electron chi connectivity index (χ0n) is 20.7. The minimum absolute atomic E-state index is 0.155. The van der Waals surface area contributed by atoms with Crippen molar-refractivity contribution in [3.05, 3.63) is 94.5 Å². The molecule has 1 atom stereocenters. The third kappa shape index (κ3) is 7.06. The van der Waals surface area contributed by atoms with Crippen molar-refractivity contribution in [2.24, 2.45) is 0 Å². The zero-order valence-corrected chi connectivity index (χ0v) is 22.3. The molecule has 0 aliphatic carbocycles. The van der Waals surface area contributed by atoms with E-state index in [-0.39, 0.29) is 24.1 Å². The third-order valence-corrected chi connectivity index (χ3v) is 8.53. The normalized spacial score (nSPS) is 16.3. The molecule has 0 amide bonds. The molecular formula is C27H28ClF3N2O4S. The van der Waals surface area contributed by atoms with E-state index in [0.717, 1.165) is 29.0 Å². The fourth-order valence-electron chi connectivity index (χ4n) is 4.26.